The summed E-state index contributed by atoms with van der Waals surface area (Å²) in [4.78, 5) is 0. The molecular formula is C9H11BrMgO2. The van der Waals surface area contributed by atoms with Crippen molar-refractivity contribution in [2.45, 2.75) is 6.29 Å². The van der Waals surface area contributed by atoms with Gasteiger partial charge in [-0.05, 0) is 0 Å². The van der Waals surface area contributed by atoms with Gasteiger partial charge in [0.2, 0.25) is 0 Å². The maximum absolute atomic E-state index is 5.04. The molecule has 0 aliphatic carbocycles. The van der Waals surface area contributed by atoms with E-state index >= 15 is 0 Å². The molecule has 0 heterocycles. The van der Waals surface area contributed by atoms with Crippen molar-refractivity contribution in [2.75, 3.05) is 14.2 Å². The molecule has 0 N–H and O–H groups in total. The number of benzene rings is 1. The Morgan fingerprint density at radius 1 is 1.31 bits per heavy atom. The largest absolute Gasteiger partial charge is 2.00 e. The van der Waals surface area contributed by atoms with Crippen molar-refractivity contribution in [1.82, 2.24) is 0 Å². The van der Waals surface area contributed by atoms with Gasteiger partial charge in [-0.25, -0.2) is 0 Å². The third-order valence-electron chi connectivity index (χ3n) is 1.43. The van der Waals surface area contributed by atoms with E-state index in [0.29, 0.717) is 0 Å². The van der Waals surface area contributed by atoms with E-state index in [-0.39, 0.29) is 46.3 Å². The van der Waals surface area contributed by atoms with Gasteiger partial charge in [-0.1, -0.05) is 0 Å². The summed E-state index contributed by atoms with van der Waals surface area (Å²) in [6.07, 6.45) is -0.271. The summed E-state index contributed by atoms with van der Waals surface area (Å²) in [7, 11) is 3.22. The van der Waals surface area contributed by atoms with Gasteiger partial charge in [0.25, 0.3) is 0 Å². The zero-order chi connectivity index (χ0) is 8.10. The zero-order valence-corrected chi connectivity index (χ0v) is 10.8. The molecule has 0 radical (unpaired) electrons. The molecule has 1 aromatic carbocycles. The predicted molar refractivity (Wildman–Crippen MR) is 47.8 cm³/mol. The van der Waals surface area contributed by atoms with Crippen LogP contribution in [0, 0.1) is 6.07 Å². The summed E-state index contributed by atoms with van der Waals surface area (Å²) in [5.74, 6) is 0. The van der Waals surface area contributed by atoms with Crippen molar-refractivity contribution < 1.29 is 26.5 Å². The molecule has 2 nitrogen and oxygen atoms in total. The molecule has 0 aliphatic heterocycles. The van der Waals surface area contributed by atoms with Gasteiger partial charge >= 0.3 is 23.1 Å². The predicted octanol–water partition coefficient (Wildman–Crippen LogP) is -1.60. The van der Waals surface area contributed by atoms with Gasteiger partial charge in [-0.2, -0.15) is 30.3 Å². The van der Waals surface area contributed by atoms with Gasteiger partial charge < -0.3 is 26.5 Å². The van der Waals surface area contributed by atoms with E-state index in [1.165, 1.54) is 0 Å². The second-order valence-electron chi connectivity index (χ2n) is 2.14. The Morgan fingerprint density at radius 2 is 1.92 bits per heavy atom. The molecule has 0 aromatic heterocycles. The van der Waals surface area contributed by atoms with E-state index in [9.17, 15) is 0 Å². The number of hydrogen-bond acceptors (Lipinski definition) is 2. The van der Waals surface area contributed by atoms with E-state index in [4.69, 9.17) is 9.47 Å². The summed E-state index contributed by atoms with van der Waals surface area (Å²) in [6, 6.07) is 10.5. The molecule has 0 saturated carbocycles. The first kappa shape index (κ1) is 15.8. The third kappa shape index (κ3) is 4.98. The Morgan fingerprint density at radius 3 is 2.31 bits per heavy atom. The minimum Gasteiger partial charge on any atom is -1.00 e. The molecule has 0 fully saturated rings. The Hall–Kier alpha value is 0.386. The fourth-order valence-electron chi connectivity index (χ4n) is 0.922. The zero-order valence-electron chi connectivity index (χ0n) is 7.79. The van der Waals surface area contributed by atoms with Crippen molar-refractivity contribution in [3.8, 4) is 0 Å². The minimum atomic E-state index is -0.271. The molecule has 0 atom stereocenters. The van der Waals surface area contributed by atoms with Crippen LogP contribution in [0.3, 0.4) is 0 Å². The van der Waals surface area contributed by atoms with E-state index < -0.39 is 0 Å². The standard InChI is InChI=1S/C9H11O2.BrH.Mg/c1-10-9(11-2)8-6-4-3-5-7-8;;/h3-4,6-7,9H,1-2H3;1H;/q-1;;+2/p-1. The van der Waals surface area contributed by atoms with Crippen LogP contribution >= 0.6 is 0 Å². The first-order valence-electron chi connectivity index (χ1n) is 3.40. The number of halogens is 1. The Balaban J connectivity index is 0. The van der Waals surface area contributed by atoms with Crippen molar-refractivity contribution in [3.05, 3.63) is 35.9 Å². The Labute approximate surface area is 106 Å². The molecule has 4 heteroatoms. The molecule has 1 aromatic rings. The Bertz CT molecular complexity index is 202. The molecule has 1 rings (SSSR count). The summed E-state index contributed by atoms with van der Waals surface area (Å²) < 4.78 is 10.1. The second kappa shape index (κ2) is 8.96. The quantitative estimate of drug-likeness (QED) is 0.368. The average molecular weight is 255 g/mol. The van der Waals surface area contributed by atoms with Gasteiger partial charge in [0.1, 0.15) is 6.29 Å². The van der Waals surface area contributed by atoms with E-state index in [2.05, 4.69) is 6.07 Å². The van der Waals surface area contributed by atoms with E-state index in [0.717, 1.165) is 5.56 Å². The van der Waals surface area contributed by atoms with Crippen molar-refractivity contribution in [3.63, 3.8) is 0 Å². The normalized spacial score (nSPS) is 8.85. The van der Waals surface area contributed by atoms with Crippen LogP contribution in [0.15, 0.2) is 24.3 Å². The average Bonchev–Trinajstić information content (AvgIpc) is 2.09. The fraction of sp³-hybridized carbons (Fsp3) is 0.333. The maximum atomic E-state index is 5.04. The first-order valence-corrected chi connectivity index (χ1v) is 3.40. The maximum Gasteiger partial charge on any atom is 2.00 e. The van der Waals surface area contributed by atoms with Crippen LogP contribution in [0.5, 0.6) is 0 Å². The molecule has 68 valence electrons. The third-order valence-corrected chi connectivity index (χ3v) is 1.43. The van der Waals surface area contributed by atoms with Crippen LogP contribution in [0.2, 0.25) is 0 Å². The van der Waals surface area contributed by atoms with Crippen molar-refractivity contribution in [1.29, 1.82) is 0 Å². The van der Waals surface area contributed by atoms with Crippen LogP contribution < -0.4 is 17.0 Å². The van der Waals surface area contributed by atoms with Crippen LogP contribution in [-0.4, -0.2) is 37.3 Å². The molecule has 0 amide bonds. The van der Waals surface area contributed by atoms with Gasteiger partial charge in [0, 0.05) is 14.2 Å². The van der Waals surface area contributed by atoms with Crippen LogP contribution in [0.4, 0.5) is 0 Å². The smallest absolute Gasteiger partial charge is 1.00 e. The second-order valence-corrected chi connectivity index (χ2v) is 2.14. The van der Waals surface area contributed by atoms with Gasteiger partial charge in [-0.15, -0.1) is 5.56 Å². The molecule has 13 heavy (non-hydrogen) atoms. The van der Waals surface area contributed by atoms with Crippen LogP contribution in [0.1, 0.15) is 11.9 Å². The van der Waals surface area contributed by atoms with Gasteiger partial charge in [0.15, 0.2) is 0 Å². The number of ether oxygens (including phenoxy) is 2. The number of methoxy groups -OCH3 is 2. The molecule has 0 saturated heterocycles. The summed E-state index contributed by atoms with van der Waals surface area (Å²) in [5.41, 5.74) is 0.984. The van der Waals surface area contributed by atoms with E-state index in [1.807, 2.05) is 24.3 Å². The SMILES string of the molecule is COC(OC)c1c[c-]ccc1.[Br-].[Mg+2]. The summed E-state index contributed by atoms with van der Waals surface area (Å²) >= 11 is 0. The van der Waals surface area contributed by atoms with Gasteiger partial charge in [-0.3, -0.25) is 0 Å². The number of rotatable bonds is 3. The molecule has 0 bridgehead atoms. The summed E-state index contributed by atoms with van der Waals surface area (Å²) in [6.45, 7) is 0. The van der Waals surface area contributed by atoms with Crippen LogP contribution in [0.25, 0.3) is 0 Å². The molecule has 0 unspecified atom stereocenters. The fourth-order valence-corrected chi connectivity index (χ4v) is 0.922. The van der Waals surface area contributed by atoms with Crippen LogP contribution in [-0.2, 0) is 9.47 Å². The first-order chi connectivity index (χ1) is 5.38. The van der Waals surface area contributed by atoms with Crippen molar-refractivity contribution in [2.24, 2.45) is 0 Å². The Kier molecular flexibility index (Phi) is 10.9. The van der Waals surface area contributed by atoms with Crippen molar-refractivity contribution >= 4 is 23.1 Å². The monoisotopic (exact) mass is 254 g/mol. The molecular weight excluding hydrogens is 244 g/mol. The topological polar surface area (TPSA) is 18.5 Å². The number of hydrogen-bond donors (Lipinski definition) is 0. The molecule has 0 spiro atoms. The minimum absolute atomic E-state index is 0. The van der Waals surface area contributed by atoms with Gasteiger partial charge in [0.05, 0.1) is 0 Å². The molecule has 0 aliphatic rings. The summed E-state index contributed by atoms with van der Waals surface area (Å²) in [5, 5.41) is 0. The van der Waals surface area contributed by atoms with E-state index in [1.54, 1.807) is 14.2 Å².